The van der Waals surface area contributed by atoms with Crippen molar-refractivity contribution in [3.05, 3.63) is 58.6 Å². The standard InChI is InChI=1S/C26H27N5O7S/c27-20-21(24(28)33)30-39-23(20)26(35)31(15-5-8-18-19(12-15)38-11-10-37-18)22(14-3-6-16(32)7-4-14)25(34)29-13-17-2-1-9-36-17/h3-8,12,17,22,32H,1-2,9-11,13,27H2,(H2,28,33)(H,29,34). The van der Waals surface area contributed by atoms with Crippen LogP contribution < -0.4 is 31.2 Å². The van der Waals surface area contributed by atoms with Gasteiger partial charge >= 0.3 is 0 Å². The topological polar surface area (TPSA) is 179 Å². The molecule has 3 heterocycles. The Morgan fingerprint density at radius 1 is 1.10 bits per heavy atom. The number of nitrogens with zero attached hydrogens (tertiary/aromatic N) is 2. The van der Waals surface area contributed by atoms with Gasteiger partial charge in [-0.1, -0.05) is 12.1 Å². The molecule has 0 bridgehead atoms. The second-order valence-corrected chi connectivity index (χ2v) is 9.79. The molecule has 0 saturated carbocycles. The maximum atomic E-state index is 14.2. The number of nitrogens with one attached hydrogen (secondary N) is 1. The zero-order valence-electron chi connectivity index (χ0n) is 20.8. The minimum absolute atomic E-state index is 0.00716. The first-order chi connectivity index (χ1) is 18.8. The highest BCUT2D eigenvalue weighted by Crippen LogP contribution is 2.39. The summed E-state index contributed by atoms with van der Waals surface area (Å²) in [5.41, 5.74) is 11.8. The van der Waals surface area contributed by atoms with E-state index in [4.69, 9.17) is 25.7 Å². The summed E-state index contributed by atoms with van der Waals surface area (Å²) in [6, 6.07) is 9.61. The molecule has 13 heteroatoms. The Morgan fingerprint density at radius 3 is 2.51 bits per heavy atom. The normalized spacial score (nSPS) is 16.9. The highest BCUT2D eigenvalue weighted by atomic mass is 32.1. The van der Waals surface area contributed by atoms with Crippen LogP contribution in [0.1, 0.15) is 44.6 Å². The number of carbonyl (C=O) groups excluding carboxylic acids is 3. The van der Waals surface area contributed by atoms with Gasteiger partial charge in [-0.15, -0.1) is 0 Å². The first-order valence-corrected chi connectivity index (χ1v) is 13.1. The minimum atomic E-state index is -1.21. The monoisotopic (exact) mass is 553 g/mol. The summed E-state index contributed by atoms with van der Waals surface area (Å²) < 4.78 is 21.0. The zero-order chi connectivity index (χ0) is 27.5. The fourth-order valence-electron chi connectivity index (χ4n) is 4.49. The third-order valence-electron chi connectivity index (χ3n) is 6.42. The van der Waals surface area contributed by atoms with Crippen molar-refractivity contribution >= 4 is 40.6 Å². The second-order valence-electron chi connectivity index (χ2n) is 9.02. The van der Waals surface area contributed by atoms with E-state index in [0.29, 0.717) is 54.1 Å². The lowest BCUT2D eigenvalue weighted by Crippen LogP contribution is -2.45. The number of aromatic nitrogens is 1. The molecule has 1 fully saturated rings. The summed E-state index contributed by atoms with van der Waals surface area (Å²) in [6.07, 6.45) is 1.57. The molecule has 5 rings (SSSR count). The molecule has 2 atom stereocenters. The number of fused-ring (bicyclic) bond motifs is 1. The van der Waals surface area contributed by atoms with Crippen LogP contribution in [0.2, 0.25) is 0 Å². The van der Waals surface area contributed by atoms with E-state index in [0.717, 1.165) is 12.8 Å². The average Bonchev–Trinajstić information content (AvgIpc) is 3.60. The molecule has 3 aromatic rings. The Bertz CT molecular complexity index is 1390. The first-order valence-electron chi connectivity index (χ1n) is 12.3. The van der Waals surface area contributed by atoms with Crippen molar-refractivity contribution in [2.24, 2.45) is 5.73 Å². The van der Waals surface area contributed by atoms with Gasteiger partial charge in [0.15, 0.2) is 17.2 Å². The van der Waals surface area contributed by atoms with Crippen LogP contribution in [0.25, 0.3) is 0 Å². The van der Waals surface area contributed by atoms with E-state index in [1.54, 1.807) is 30.3 Å². The number of benzene rings is 2. The zero-order valence-corrected chi connectivity index (χ0v) is 21.6. The SMILES string of the molecule is NC(=O)c1nsc(C(=O)N(c2ccc3c(c2)OCCO3)C(C(=O)NCC2CCCO2)c2ccc(O)cc2)c1N. The van der Waals surface area contributed by atoms with Crippen molar-refractivity contribution in [3.63, 3.8) is 0 Å². The number of nitrogen functional groups attached to an aromatic ring is 1. The number of primary amides is 1. The van der Waals surface area contributed by atoms with E-state index < -0.39 is 23.8 Å². The fourth-order valence-corrected chi connectivity index (χ4v) is 5.24. The molecule has 39 heavy (non-hydrogen) atoms. The predicted octanol–water partition coefficient (Wildman–Crippen LogP) is 1.98. The Labute approximate surface area is 227 Å². The number of rotatable bonds is 8. The van der Waals surface area contributed by atoms with Gasteiger partial charge in [-0.2, -0.15) is 4.37 Å². The molecule has 2 unspecified atom stereocenters. The fraction of sp³-hybridized carbons (Fsp3) is 0.308. The van der Waals surface area contributed by atoms with Crippen LogP contribution in [0.15, 0.2) is 42.5 Å². The van der Waals surface area contributed by atoms with Crippen LogP contribution in [-0.4, -0.2) is 59.7 Å². The van der Waals surface area contributed by atoms with Gasteiger partial charge in [0.05, 0.1) is 11.8 Å². The van der Waals surface area contributed by atoms with Crippen LogP contribution in [0.4, 0.5) is 11.4 Å². The van der Waals surface area contributed by atoms with Crippen molar-refractivity contribution < 1.29 is 33.7 Å². The number of anilines is 2. The number of amides is 3. The van der Waals surface area contributed by atoms with Gasteiger partial charge in [0.25, 0.3) is 11.8 Å². The molecule has 12 nitrogen and oxygen atoms in total. The molecule has 6 N–H and O–H groups in total. The largest absolute Gasteiger partial charge is 0.508 e. The Balaban J connectivity index is 1.61. The second kappa shape index (κ2) is 11.2. The lowest BCUT2D eigenvalue weighted by Gasteiger charge is -2.32. The van der Waals surface area contributed by atoms with Crippen molar-refractivity contribution in [1.29, 1.82) is 0 Å². The van der Waals surface area contributed by atoms with E-state index >= 15 is 0 Å². The van der Waals surface area contributed by atoms with Gasteiger partial charge in [-0.3, -0.25) is 19.3 Å². The van der Waals surface area contributed by atoms with Gasteiger partial charge in [0, 0.05) is 24.9 Å². The minimum Gasteiger partial charge on any atom is -0.508 e. The Morgan fingerprint density at radius 2 is 1.85 bits per heavy atom. The molecule has 2 aromatic carbocycles. The molecule has 1 saturated heterocycles. The number of nitrogens with two attached hydrogens (primary N) is 2. The van der Waals surface area contributed by atoms with Crippen LogP contribution >= 0.6 is 11.5 Å². The van der Waals surface area contributed by atoms with Crippen LogP contribution in [0.5, 0.6) is 17.2 Å². The summed E-state index contributed by atoms with van der Waals surface area (Å²) in [7, 11) is 0. The molecular formula is C26H27N5O7S. The van der Waals surface area contributed by atoms with Gasteiger partial charge in [0.2, 0.25) is 5.91 Å². The van der Waals surface area contributed by atoms with Gasteiger partial charge in [-0.25, -0.2) is 0 Å². The quantitative estimate of drug-likeness (QED) is 0.324. The highest BCUT2D eigenvalue weighted by molar-refractivity contribution is 7.09. The molecule has 2 aliphatic heterocycles. The Kier molecular flexibility index (Phi) is 7.52. The molecule has 3 amide bonds. The number of phenolic OH excluding ortho intramolecular Hbond substituents is 1. The van der Waals surface area contributed by atoms with E-state index in [9.17, 15) is 19.5 Å². The van der Waals surface area contributed by atoms with Crippen LogP contribution in [-0.2, 0) is 9.53 Å². The number of phenols is 1. The number of carbonyl (C=O) groups is 3. The van der Waals surface area contributed by atoms with Gasteiger partial charge in [-0.05, 0) is 54.2 Å². The molecule has 2 aliphatic rings. The average molecular weight is 554 g/mol. The predicted molar refractivity (Wildman–Crippen MR) is 142 cm³/mol. The van der Waals surface area contributed by atoms with E-state index in [1.165, 1.54) is 17.0 Å². The van der Waals surface area contributed by atoms with Crippen LogP contribution in [0, 0.1) is 0 Å². The molecule has 0 spiro atoms. The van der Waals surface area contributed by atoms with Gasteiger partial charge < -0.3 is 36.1 Å². The van der Waals surface area contributed by atoms with E-state index in [-0.39, 0.29) is 34.7 Å². The molecule has 1 aromatic heterocycles. The van der Waals surface area contributed by atoms with Crippen molar-refractivity contribution in [2.75, 3.05) is 37.0 Å². The summed E-state index contributed by atoms with van der Waals surface area (Å²) in [5.74, 6) is -1.16. The van der Waals surface area contributed by atoms with E-state index in [2.05, 4.69) is 9.69 Å². The third-order valence-corrected chi connectivity index (χ3v) is 7.27. The maximum Gasteiger partial charge on any atom is 0.273 e. The van der Waals surface area contributed by atoms with Crippen LogP contribution in [0.3, 0.4) is 0 Å². The maximum absolute atomic E-state index is 14.2. The molecule has 0 radical (unpaired) electrons. The van der Waals surface area contributed by atoms with Crippen molar-refractivity contribution in [3.8, 4) is 17.2 Å². The van der Waals surface area contributed by atoms with Crippen molar-refractivity contribution in [1.82, 2.24) is 9.69 Å². The Hall–Kier alpha value is -4.36. The third kappa shape index (κ3) is 5.45. The summed E-state index contributed by atoms with van der Waals surface area (Å²) in [6.45, 7) is 1.57. The number of ether oxygens (including phenoxy) is 3. The molecular weight excluding hydrogens is 526 g/mol. The smallest absolute Gasteiger partial charge is 0.273 e. The lowest BCUT2D eigenvalue weighted by atomic mass is 10.0. The highest BCUT2D eigenvalue weighted by Gasteiger charge is 2.37. The number of aromatic hydroxyl groups is 1. The first kappa shape index (κ1) is 26.3. The van der Waals surface area contributed by atoms with E-state index in [1.807, 2.05) is 0 Å². The molecule has 204 valence electrons. The lowest BCUT2D eigenvalue weighted by molar-refractivity contribution is -0.123. The van der Waals surface area contributed by atoms with Gasteiger partial charge in [0.1, 0.15) is 29.9 Å². The molecule has 0 aliphatic carbocycles. The summed E-state index contributed by atoms with van der Waals surface area (Å²) in [5, 5.41) is 12.8. The summed E-state index contributed by atoms with van der Waals surface area (Å²) in [4.78, 5) is 41.0. The number of hydrogen-bond donors (Lipinski definition) is 4. The number of hydrogen-bond acceptors (Lipinski definition) is 10. The van der Waals surface area contributed by atoms with Crippen molar-refractivity contribution in [2.45, 2.75) is 25.0 Å². The summed E-state index contributed by atoms with van der Waals surface area (Å²) >= 11 is 0.710.